The predicted molar refractivity (Wildman–Crippen MR) is 109 cm³/mol. The Balaban J connectivity index is 1.42. The number of nitrogens with one attached hydrogen (secondary N) is 2. The second-order valence-corrected chi connectivity index (χ2v) is 8.06. The summed E-state index contributed by atoms with van der Waals surface area (Å²) >= 11 is 0. The van der Waals surface area contributed by atoms with Crippen LogP contribution in [0.1, 0.15) is 48.1 Å². The summed E-state index contributed by atoms with van der Waals surface area (Å²) in [5, 5.41) is 4.90. The summed E-state index contributed by atoms with van der Waals surface area (Å²) < 4.78 is 0. The van der Waals surface area contributed by atoms with E-state index in [-0.39, 0.29) is 5.54 Å². The van der Waals surface area contributed by atoms with Crippen LogP contribution in [0.15, 0.2) is 42.5 Å². The Morgan fingerprint density at radius 2 is 1.96 bits per heavy atom. The molecule has 0 radical (unpaired) electrons. The van der Waals surface area contributed by atoms with Gasteiger partial charge in [-0.15, -0.1) is 0 Å². The first-order valence-corrected chi connectivity index (χ1v) is 9.98. The average molecular weight is 345 g/mol. The van der Waals surface area contributed by atoms with Crippen molar-refractivity contribution in [1.29, 1.82) is 0 Å². The van der Waals surface area contributed by atoms with Crippen LogP contribution < -0.4 is 11.1 Å². The largest absolute Gasteiger partial charge is 0.385 e. The second kappa shape index (κ2) is 6.17. The molecule has 0 fully saturated rings. The molecular weight excluding hydrogens is 318 g/mol. The van der Waals surface area contributed by atoms with Crippen molar-refractivity contribution in [3.05, 3.63) is 64.8 Å². The number of aromatic nitrogens is 1. The lowest BCUT2D eigenvalue weighted by atomic mass is 9.77. The Morgan fingerprint density at radius 3 is 2.92 bits per heavy atom. The molecule has 1 aliphatic carbocycles. The zero-order chi connectivity index (χ0) is 17.6. The lowest BCUT2D eigenvalue weighted by Crippen LogP contribution is -2.40. The van der Waals surface area contributed by atoms with E-state index in [2.05, 4.69) is 52.8 Å². The molecule has 1 unspecified atom stereocenters. The van der Waals surface area contributed by atoms with Gasteiger partial charge in [0, 0.05) is 28.8 Å². The normalized spacial score (nSPS) is 21.9. The average Bonchev–Trinajstić information content (AvgIpc) is 3.07. The van der Waals surface area contributed by atoms with Gasteiger partial charge in [0.1, 0.15) is 0 Å². The number of anilines is 1. The SMILES string of the molecule is NC1(CCc2ccc3c(c2)NCCC3)CCCc2c1[nH]c1ccccc21. The number of aryl methyl sites for hydroxylation is 3. The molecule has 0 amide bonds. The standard InChI is InChI=1S/C23H27N3/c24-23(13-11-16-9-10-17-5-4-14-25-21(17)15-16)12-3-7-19-18-6-1-2-8-20(18)26-22(19)23/h1-2,6,8-10,15,25-26H,3-5,7,11-14,24H2. The first-order chi connectivity index (χ1) is 12.7. The van der Waals surface area contributed by atoms with Crippen LogP contribution in [0, 0.1) is 0 Å². The lowest BCUT2D eigenvalue weighted by Gasteiger charge is -2.34. The fourth-order valence-corrected chi connectivity index (χ4v) is 4.87. The van der Waals surface area contributed by atoms with Crippen LogP contribution in [0.4, 0.5) is 5.69 Å². The number of para-hydroxylation sites is 1. The van der Waals surface area contributed by atoms with E-state index in [1.807, 2.05) is 0 Å². The number of rotatable bonds is 3. The third-order valence-corrected chi connectivity index (χ3v) is 6.33. The van der Waals surface area contributed by atoms with Gasteiger partial charge in [-0.3, -0.25) is 0 Å². The molecule has 5 rings (SSSR count). The van der Waals surface area contributed by atoms with Crippen LogP contribution >= 0.6 is 0 Å². The zero-order valence-electron chi connectivity index (χ0n) is 15.3. The van der Waals surface area contributed by atoms with E-state index in [9.17, 15) is 0 Å². The summed E-state index contributed by atoms with van der Waals surface area (Å²) in [6, 6.07) is 15.6. The van der Waals surface area contributed by atoms with Crippen molar-refractivity contribution in [2.24, 2.45) is 5.73 Å². The molecule has 0 bridgehead atoms. The van der Waals surface area contributed by atoms with Crippen LogP contribution in [0.3, 0.4) is 0 Å². The molecule has 0 spiro atoms. The Morgan fingerprint density at radius 1 is 1.04 bits per heavy atom. The highest BCUT2D eigenvalue weighted by Crippen LogP contribution is 2.40. The fourth-order valence-electron chi connectivity index (χ4n) is 4.87. The fraction of sp³-hybridized carbons (Fsp3) is 0.391. The van der Waals surface area contributed by atoms with Crippen molar-refractivity contribution in [2.75, 3.05) is 11.9 Å². The van der Waals surface area contributed by atoms with E-state index in [1.54, 1.807) is 0 Å². The number of aromatic amines is 1. The molecule has 2 heterocycles. The van der Waals surface area contributed by atoms with E-state index < -0.39 is 0 Å². The molecule has 3 heteroatoms. The number of fused-ring (bicyclic) bond motifs is 4. The zero-order valence-corrected chi connectivity index (χ0v) is 15.3. The number of benzene rings is 2. The maximum atomic E-state index is 6.97. The van der Waals surface area contributed by atoms with Gasteiger partial charge in [-0.2, -0.15) is 0 Å². The third kappa shape index (κ3) is 2.62. The van der Waals surface area contributed by atoms with Crippen LogP contribution in [-0.2, 0) is 24.8 Å². The molecule has 1 aliphatic heterocycles. The molecule has 26 heavy (non-hydrogen) atoms. The van der Waals surface area contributed by atoms with Crippen molar-refractivity contribution in [3.63, 3.8) is 0 Å². The van der Waals surface area contributed by atoms with Gasteiger partial charge in [0.05, 0.1) is 5.54 Å². The Bertz CT molecular complexity index is 955. The summed E-state index contributed by atoms with van der Waals surface area (Å²) in [6.07, 6.45) is 7.84. The van der Waals surface area contributed by atoms with E-state index in [0.29, 0.717) is 0 Å². The third-order valence-electron chi connectivity index (χ3n) is 6.33. The van der Waals surface area contributed by atoms with Crippen molar-refractivity contribution in [1.82, 2.24) is 4.98 Å². The molecule has 134 valence electrons. The molecule has 2 aliphatic rings. The molecule has 4 N–H and O–H groups in total. The van der Waals surface area contributed by atoms with Gasteiger partial charge in [0.2, 0.25) is 0 Å². The smallest absolute Gasteiger partial charge is 0.0568 e. The minimum absolute atomic E-state index is 0.240. The number of hydrogen-bond acceptors (Lipinski definition) is 2. The minimum Gasteiger partial charge on any atom is -0.385 e. The van der Waals surface area contributed by atoms with Crippen LogP contribution in [-0.4, -0.2) is 11.5 Å². The highest BCUT2D eigenvalue weighted by Gasteiger charge is 2.35. The molecule has 1 atom stereocenters. The van der Waals surface area contributed by atoms with Gasteiger partial charge in [0.25, 0.3) is 0 Å². The van der Waals surface area contributed by atoms with Crippen molar-refractivity contribution in [2.45, 2.75) is 50.5 Å². The molecule has 3 aromatic rings. The monoisotopic (exact) mass is 345 g/mol. The molecule has 3 nitrogen and oxygen atoms in total. The summed E-state index contributed by atoms with van der Waals surface area (Å²) in [5.74, 6) is 0. The Hall–Kier alpha value is -2.26. The number of nitrogens with two attached hydrogens (primary N) is 1. The topological polar surface area (TPSA) is 53.8 Å². The number of hydrogen-bond donors (Lipinski definition) is 3. The molecule has 0 saturated carbocycles. The lowest BCUT2D eigenvalue weighted by molar-refractivity contribution is 0.339. The van der Waals surface area contributed by atoms with Crippen molar-refractivity contribution >= 4 is 16.6 Å². The van der Waals surface area contributed by atoms with E-state index in [4.69, 9.17) is 5.73 Å². The van der Waals surface area contributed by atoms with E-state index >= 15 is 0 Å². The maximum Gasteiger partial charge on any atom is 0.0568 e. The van der Waals surface area contributed by atoms with Crippen LogP contribution in [0.25, 0.3) is 10.9 Å². The van der Waals surface area contributed by atoms with Crippen molar-refractivity contribution < 1.29 is 0 Å². The van der Waals surface area contributed by atoms with Crippen molar-refractivity contribution in [3.8, 4) is 0 Å². The summed E-state index contributed by atoms with van der Waals surface area (Å²) in [7, 11) is 0. The molecular formula is C23H27N3. The minimum atomic E-state index is -0.240. The van der Waals surface area contributed by atoms with Gasteiger partial charge in [-0.25, -0.2) is 0 Å². The van der Waals surface area contributed by atoms with E-state index in [0.717, 1.165) is 32.2 Å². The molecule has 2 aromatic carbocycles. The Labute approximate surface area is 155 Å². The number of H-pyrrole nitrogens is 1. The van der Waals surface area contributed by atoms with Gasteiger partial charge in [-0.05, 0) is 73.8 Å². The quantitative estimate of drug-likeness (QED) is 0.647. The second-order valence-electron chi connectivity index (χ2n) is 8.06. The van der Waals surface area contributed by atoms with Gasteiger partial charge >= 0.3 is 0 Å². The summed E-state index contributed by atoms with van der Waals surface area (Å²) in [4.78, 5) is 3.66. The summed E-state index contributed by atoms with van der Waals surface area (Å²) in [6.45, 7) is 1.09. The maximum absolute atomic E-state index is 6.97. The van der Waals surface area contributed by atoms with Gasteiger partial charge in [0.15, 0.2) is 0 Å². The Kier molecular flexibility index (Phi) is 3.79. The van der Waals surface area contributed by atoms with E-state index in [1.165, 1.54) is 58.2 Å². The van der Waals surface area contributed by atoms with Gasteiger partial charge in [-0.1, -0.05) is 30.3 Å². The molecule has 1 aromatic heterocycles. The van der Waals surface area contributed by atoms with Gasteiger partial charge < -0.3 is 16.0 Å². The highest BCUT2D eigenvalue weighted by atomic mass is 14.9. The predicted octanol–water partition coefficient (Wildman–Crippen LogP) is 4.65. The first-order valence-electron chi connectivity index (χ1n) is 9.98. The van der Waals surface area contributed by atoms with Crippen LogP contribution in [0.2, 0.25) is 0 Å². The summed E-state index contributed by atoms with van der Waals surface area (Å²) in [5.41, 5.74) is 14.9. The highest BCUT2D eigenvalue weighted by molar-refractivity contribution is 5.85. The first kappa shape index (κ1) is 16.0. The molecule has 0 saturated heterocycles. The van der Waals surface area contributed by atoms with Crippen LogP contribution in [0.5, 0.6) is 0 Å².